The van der Waals surface area contributed by atoms with E-state index in [1.807, 2.05) is 0 Å². The number of carbonyl (C=O) groups excluding carboxylic acids is 1. The molecule has 1 aromatic heterocycles. The van der Waals surface area contributed by atoms with Gasteiger partial charge in [-0.15, -0.1) is 11.3 Å². The number of hydrogen-bond donors (Lipinski definition) is 1. The quantitative estimate of drug-likeness (QED) is 0.778. The topological polar surface area (TPSA) is 51.2 Å². The van der Waals surface area contributed by atoms with Gasteiger partial charge in [-0.1, -0.05) is 0 Å². The minimum absolute atomic E-state index is 0.0823. The lowest BCUT2D eigenvalue weighted by Crippen LogP contribution is -2.16. The van der Waals surface area contributed by atoms with Crippen LogP contribution in [0.4, 0.5) is 0 Å². The molecule has 0 radical (unpaired) electrons. The van der Waals surface area contributed by atoms with Crippen molar-refractivity contribution in [1.82, 2.24) is 10.3 Å². The summed E-state index contributed by atoms with van der Waals surface area (Å²) in [5.41, 5.74) is 0. The minimum atomic E-state index is -0.0823. The fourth-order valence-corrected chi connectivity index (χ4v) is 1.69. The van der Waals surface area contributed by atoms with Gasteiger partial charge in [0.1, 0.15) is 4.88 Å². The van der Waals surface area contributed by atoms with Crippen molar-refractivity contribution in [3.05, 3.63) is 16.1 Å². The van der Waals surface area contributed by atoms with E-state index in [1.165, 1.54) is 11.3 Å². The normalized spacial score (nSPS) is 10.0. The third-order valence-electron chi connectivity index (χ3n) is 1.52. The molecule has 0 aliphatic rings. The molecule has 0 aliphatic heterocycles. The Morgan fingerprint density at radius 2 is 2.54 bits per heavy atom. The Kier molecular flexibility index (Phi) is 3.85. The zero-order valence-electron chi connectivity index (χ0n) is 7.66. The summed E-state index contributed by atoms with van der Waals surface area (Å²) in [6.45, 7) is 0.640. The second-order valence-electron chi connectivity index (χ2n) is 2.44. The number of methoxy groups -OCH3 is 1. The van der Waals surface area contributed by atoms with Gasteiger partial charge in [0, 0.05) is 20.6 Å². The standard InChI is InChI=1S/C8H12N2O2S/c1-9-8(11)6-5-10-7(13-6)3-4-12-2/h5H,3-4H2,1-2H3,(H,9,11). The van der Waals surface area contributed by atoms with Crippen molar-refractivity contribution in [2.45, 2.75) is 6.42 Å². The molecule has 13 heavy (non-hydrogen) atoms. The lowest BCUT2D eigenvalue weighted by molar-refractivity contribution is 0.0967. The SMILES string of the molecule is CNC(=O)c1cnc(CCOC)s1. The molecule has 0 bridgehead atoms. The molecule has 1 amide bonds. The van der Waals surface area contributed by atoms with Crippen LogP contribution in [0.5, 0.6) is 0 Å². The molecule has 0 unspecified atom stereocenters. The number of ether oxygens (including phenoxy) is 1. The van der Waals surface area contributed by atoms with Crippen molar-refractivity contribution in [2.75, 3.05) is 20.8 Å². The van der Waals surface area contributed by atoms with Gasteiger partial charge < -0.3 is 10.1 Å². The Bertz CT molecular complexity index is 285. The van der Waals surface area contributed by atoms with Crippen LogP contribution in [-0.2, 0) is 11.2 Å². The van der Waals surface area contributed by atoms with E-state index in [4.69, 9.17) is 4.74 Å². The molecule has 0 aromatic carbocycles. The summed E-state index contributed by atoms with van der Waals surface area (Å²) < 4.78 is 4.91. The van der Waals surface area contributed by atoms with Gasteiger partial charge in [-0.25, -0.2) is 4.98 Å². The molecule has 1 aromatic rings. The Morgan fingerprint density at radius 1 is 1.77 bits per heavy atom. The van der Waals surface area contributed by atoms with E-state index in [9.17, 15) is 4.79 Å². The van der Waals surface area contributed by atoms with Gasteiger partial charge in [-0.05, 0) is 0 Å². The molecule has 0 aliphatic carbocycles. The highest BCUT2D eigenvalue weighted by atomic mass is 32.1. The Morgan fingerprint density at radius 3 is 3.15 bits per heavy atom. The third kappa shape index (κ3) is 2.78. The van der Waals surface area contributed by atoms with Crippen LogP contribution in [0, 0.1) is 0 Å². The van der Waals surface area contributed by atoms with E-state index < -0.39 is 0 Å². The molecule has 0 saturated carbocycles. The van der Waals surface area contributed by atoms with Gasteiger partial charge in [0.05, 0.1) is 17.8 Å². The fraction of sp³-hybridized carbons (Fsp3) is 0.500. The Balaban J connectivity index is 2.58. The maximum atomic E-state index is 11.1. The first-order chi connectivity index (χ1) is 6.27. The van der Waals surface area contributed by atoms with E-state index in [1.54, 1.807) is 20.4 Å². The van der Waals surface area contributed by atoms with Gasteiger partial charge in [0.15, 0.2) is 0 Å². The summed E-state index contributed by atoms with van der Waals surface area (Å²) in [5.74, 6) is -0.0823. The van der Waals surface area contributed by atoms with E-state index >= 15 is 0 Å². The number of carbonyl (C=O) groups is 1. The fourth-order valence-electron chi connectivity index (χ4n) is 0.843. The zero-order valence-corrected chi connectivity index (χ0v) is 8.48. The van der Waals surface area contributed by atoms with Crippen LogP contribution >= 0.6 is 11.3 Å². The summed E-state index contributed by atoms with van der Waals surface area (Å²) in [6.07, 6.45) is 2.35. The first-order valence-corrected chi connectivity index (χ1v) is 4.75. The molecule has 0 atom stereocenters. The molecule has 1 N–H and O–H groups in total. The van der Waals surface area contributed by atoms with Crippen molar-refractivity contribution in [3.8, 4) is 0 Å². The van der Waals surface area contributed by atoms with Gasteiger partial charge >= 0.3 is 0 Å². The highest BCUT2D eigenvalue weighted by Crippen LogP contribution is 2.12. The predicted octanol–water partition coefficient (Wildman–Crippen LogP) is 0.692. The molecular weight excluding hydrogens is 188 g/mol. The largest absolute Gasteiger partial charge is 0.384 e. The average Bonchev–Trinajstić information content (AvgIpc) is 2.62. The second-order valence-corrected chi connectivity index (χ2v) is 3.56. The molecule has 4 nitrogen and oxygen atoms in total. The van der Waals surface area contributed by atoms with Gasteiger partial charge in [-0.2, -0.15) is 0 Å². The Hall–Kier alpha value is -0.940. The van der Waals surface area contributed by atoms with Gasteiger partial charge in [0.25, 0.3) is 5.91 Å². The molecule has 72 valence electrons. The lowest BCUT2D eigenvalue weighted by Gasteiger charge is -1.93. The van der Waals surface area contributed by atoms with Crippen molar-refractivity contribution in [1.29, 1.82) is 0 Å². The van der Waals surface area contributed by atoms with Crippen molar-refractivity contribution < 1.29 is 9.53 Å². The van der Waals surface area contributed by atoms with Crippen molar-refractivity contribution in [3.63, 3.8) is 0 Å². The summed E-state index contributed by atoms with van der Waals surface area (Å²) >= 11 is 1.40. The minimum Gasteiger partial charge on any atom is -0.384 e. The molecule has 0 fully saturated rings. The lowest BCUT2D eigenvalue weighted by atomic mass is 10.5. The maximum absolute atomic E-state index is 11.1. The number of aromatic nitrogens is 1. The summed E-state index contributed by atoms with van der Waals surface area (Å²) in [6, 6.07) is 0. The van der Waals surface area contributed by atoms with Crippen LogP contribution in [0.25, 0.3) is 0 Å². The van der Waals surface area contributed by atoms with E-state index in [0.29, 0.717) is 11.5 Å². The molecule has 0 spiro atoms. The van der Waals surface area contributed by atoms with Gasteiger partial charge in [0.2, 0.25) is 0 Å². The maximum Gasteiger partial charge on any atom is 0.262 e. The van der Waals surface area contributed by atoms with Crippen LogP contribution in [0.3, 0.4) is 0 Å². The summed E-state index contributed by atoms with van der Waals surface area (Å²) in [5, 5.41) is 3.48. The molecule has 1 rings (SSSR count). The number of nitrogens with zero attached hydrogens (tertiary/aromatic N) is 1. The van der Waals surface area contributed by atoms with E-state index in [0.717, 1.165) is 11.4 Å². The Labute approximate surface area is 80.9 Å². The van der Waals surface area contributed by atoms with Crippen molar-refractivity contribution >= 4 is 17.2 Å². The monoisotopic (exact) mass is 200 g/mol. The number of amides is 1. The van der Waals surface area contributed by atoms with Gasteiger partial charge in [-0.3, -0.25) is 4.79 Å². The number of rotatable bonds is 4. The van der Waals surface area contributed by atoms with Crippen LogP contribution < -0.4 is 5.32 Å². The third-order valence-corrected chi connectivity index (χ3v) is 2.58. The molecular formula is C8H12N2O2S. The number of hydrogen-bond acceptors (Lipinski definition) is 4. The summed E-state index contributed by atoms with van der Waals surface area (Å²) in [4.78, 5) is 15.9. The highest BCUT2D eigenvalue weighted by molar-refractivity contribution is 7.13. The number of thiazole rings is 1. The first-order valence-electron chi connectivity index (χ1n) is 3.93. The van der Waals surface area contributed by atoms with Crippen molar-refractivity contribution in [2.24, 2.45) is 0 Å². The first kappa shape index (κ1) is 10.1. The molecule has 0 saturated heterocycles. The number of nitrogens with one attached hydrogen (secondary N) is 1. The van der Waals surface area contributed by atoms with Crippen LogP contribution in [0.15, 0.2) is 6.20 Å². The molecule has 1 heterocycles. The average molecular weight is 200 g/mol. The smallest absolute Gasteiger partial charge is 0.262 e. The van der Waals surface area contributed by atoms with E-state index in [-0.39, 0.29) is 5.91 Å². The second kappa shape index (κ2) is 4.94. The van der Waals surface area contributed by atoms with Crippen LogP contribution in [-0.4, -0.2) is 31.7 Å². The highest BCUT2D eigenvalue weighted by Gasteiger charge is 2.07. The predicted molar refractivity (Wildman–Crippen MR) is 51.1 cm³/mol. The van der Waals surface area contributed by atoms with Crippen LogP contribution in [0.2, 0.25) is 0 Å². The molecule has 5 heteroatoms. The zero-order chi connectivity index (χ0) is 9.68. The summed E-state index contributed by atoms with van der Waals surface area (Å²) in [7, 11) is 3.25. The van der Waals surface area contributed by atoms with E-state index in [2.05, 4.69) is 10.3 Å². The van der Waals surface area contributed by atoms with Crippen LogP contribution in [0.1, 0.15) is 14.7 Å².